The number of anilines is 2. The number of rotatable bonds is 5. The fourth-order valence-electron chi connectivity index (χ4n) is 1.65. The van der Waals surface area contributed by atoms with Crippen molar-refractivity contribution >= 4 is 34.6 Å². The molecule has 0 aliphatic carbocycles. The first-order chi connectivity index (χ1) is 10.1. The number of nitrogens with zero attached hydrogens (tertiary/aromatic N) is 1. The lowest BCUT2D eigenvalue weighted by Gasteiger charge is -2.08. The van der Waals surface area contributed by atoms with Crippen LogP contribution in [-0.4, -0.2) is 17.4 Å². The van der Waals surface area contributed by atoms with Crippen molar-refractivity contribution in [1.82, 2.24) is 0 Å². The molecule has 6 nitrogen and oxygen atoms in total. The van der Waals surface area contributed by atoms with Crippen molar-refractivity contribution in [3.8, 4) is 0 Å². The Morgan fingerprint density at radius 2 is 1.81 bits per heavy atom. The monoisotopic (exact) mass is 305 g/mol. The summed E-state index contributed by atoms with van der Waals surface area (Å²) in [6.45, 7) is 0.0424. The lowest BCUT2D eigenvalue weighted by Crippen LogP contribution is -2.21. The van der Waals surface area contributed by atoms with E-state index in [0.717, 1.165) is 0 Å². The molecule has 0 aliphatic rings. The quantitative estimate of drug-likeness (QED) is 0.655. The Morgan fingerprint density at radius 1 is 1.14 bits per heavy atom. The Labute approximate surface area is 125 Å². The molecule has 2 rings (SSSR count). The molecule has 0 saturated carbocycles. The number of nitrogens with one attached hydrogen (secondary N) is 2. The summed E-state index contributed by atoms with van der Waals surface area (Å²) in [4.78, 5) is 21.8. The minimum absolute atomic E-state index is 0.0257. The van der Waals surface area contributed by atoms with E-state index in [1.165, 1.54) is 24.3 Å². The summed E-state index contributed by atoms with van der Waals surface area (Å²) >= 11 is 5.96. The molecule has 0 spiro atoms. The number of nitro benzene ring substituents is 1. The highest BCUT2D eigenvalue weighted by Crippen LogP contribution is 2.20. The summed E-state index contributed by atoms with van der Waals surface area (Å²) in [5.74, 6) is -0.274. The third kappa shape index (κ3) is 4.19. The van der Waals surface area contributed by atoms with Crippen LogP contribution in [0.15, 0.2) is 48.5 Å². The molecule has 0 saturated heterocycles. The summed E-state index contributed by atoms with van der Waals surface area (Å²) in [6.07, 6.45) is 0. The van der Waals surface area contributed by atoms with E-state index >= 15 is 0 Å². The van der Waals surface area contributed by atoms with Gasteiger partial charge in [-0.2, -0.15) is 0 Å². The summed E-state index contributed by atoms with van der Waals surface area (Å²) in [7, 11) is 0. The van der Waals surface area contributed by atoms with Gasteiger partial charge in [0, 0.05) is 17.8 Å². The molecule has 2 aromatic carbocycles. The highest BCUT2D eigenvalue weighted by atomic mass is 35.5. The molecule has 7 heteroatoms. The van der Waals surface area contributed by atoms with Gasteiger partial charge in [0.05, 0.1) is 22.2 Å². The van der Waals surface area contributed by atoms with Crippen LogP contribution < -0.4 is 10.6 Å². The van der Waals surface area contributed by atoms with Crippen molar-refractivity contribution < 1.29 is 9.72 Å². The topological polar surface area (TPSA) is 84.3 Å². The Bertz CT molecular complexity index is 659. The van der Waals surface area contributed by atoms with Crippen molar-refractivity contribution in [3.05, 3.63) is 63.7 Å². The molecular formula is C14H12ClN3O3. The molecule has 1 amide bonds. The van der Waals surface area contributed by atoms with E-state index in [0.29, 0.717) is 16.4 Å². The second kappa shape index (κ2) is 6.71. The molecule has 2 aromatic rings. The van der Waals surface area contributed by atoms with Crippen LogP contribution >= 0.6 is 11.6 Å². The number of amides is 1. The van der Waals surface area contributed by atoms with E-state index < -0.39 is 4.92 Å². The molecule has 108 valence electrons. The standard InChI is InChI=1S/C14H12ClN3O3/c15-12-3-1-2-4-13(12)16-9-14(19)17-10-5-7-11(8-6-10)18(20)21/h1-8,16H,9H2,(H,17,19). The van der Waals surface area contributed by atoms with Gasteiger partial charge < -0.3 is 10.6 Å². The lowest BCUT2D eigenvalue weighted by atomic mass is 10.3. The zero-order valence-corrected chi connectivity index (χ0v) is 11.6. The van der Waals surface area contributed by atoms with E-state index in [2.05, 4.69) is 10.6 Å². The van der Waals surface area contributed by atoms with Gasteiger partial charge in [0.15, 0.2) is 0 Å². The zero-order chi connectivity index (χ0) is 15.2. The molecule has 21 heavy (non-hydrogen) atoms. The van der Waals surface area contributed by atoms with Crippen molar-refractivity contribution in [2.45, 2.75) is 0 Å². The van der Waals surface area contributed by atoms with Crippen LogP contribution in [0.2, 0.25) is 5.02 Å². The average molecular weight is 306 g/mol. The number of para-hydroxylation sites is 1. The Hall–Kier alpha value is -2.60. The Balaban J connectivity index is 1.90. The summed E-state index contributed by atoms with van der Waals surface area (Å²) < 4.78 is 0. The molecule has 0 unspecified atom stereocenters. The molecule has 0 radical (unpaired) electrons. The molecule has 0 fully saturated rings. The minimum Gasteiger partial charge on any atom is -0.375 e. The van der Waals surface area contributed by atoms with Crippen LogP contribution in [-0.2, 0) is 4.79 Å². The number of carbonyl (C=O) groups is 1. The van der Waals surface area contributed by atoms with Crippen molar-refractivity contribution in [2.24, 2.45) is 0 Å². The number of hydrogen-bond donors (Lipinski definition) is 2. The van der Waals surface area contributed by atoms with Crippen LogP contribution in [0.3, 0.4) is 0 Å². The molecule has 0 atom stereocenters. The Morgan fingerprint density at radius 3 is 2.43 bits per heavy atom. The second-order valence-electron chi connectivity index (χ2n) is 4.19. The van der Waals surface area contributed by atoms with Crippen molar-refractivity contribution in [1.29, 1.82) is 0 Å². The highest BCUT2D eigenvalue weighted by Gasteiger charge is 2.07. The fourth-order valence-corrected chi connectivity index (χ4v) is 1.85. The molecule has 0 aromatic heterocycles. The maximum atomic E-state index is 11.8. The molecular weight excluding hydrogens is 294 g/mol. The summed E-state index contributed by atoms with van der Waals surface area (Å²) in [6, 6.07) is 12.7. The molecule has 0 aliphatic heterocycles. The van der Waals surface area contributed by atoms with E-state index in [-0.39, 0.29) is 18.1 Å². The van der Waals surface area contributed by atoms with Gasteiger partial charge in [0.25, 0.3) is 5.69 Å². The number of non-ortho nitro benzene ring substituents is 1. The lowest BCUT2D eigenvalue weighted by molar-refractivity contribution is -0.384. The molecule has 2 N–H and O–H groups in total. The van der Waals surface area contributed by atoms with Crippen LogP contribution in [0, 0.1) is 10.1 Å². The Kier molecular flexibility index (Phi) is 4.73. The van der Waals surface area contributed by atoms with Gasteiger partial charge in [-0.3, -0.25) is 14.9 Å². The first-order valence-corrected chi connectivity index (χ1v) is 6.47. The predicted octanol–water partition coefficient (Wildman–Crippen LogP) is 3.30. The highest BCUT2D eigenvalue weighted by molar-refractivity contribution is 6.33. The van der Waals surface area contributed by atoms with Gasteiger partial charge in [-0.1, -0.05) is 23.7 Å². The summed E-state index contributed by atoms with van der Waals surface area (Å²) in [5, 5.41) is 16.6. The van der Waals surface area contributed by atoms with Crippen LogP contribution in [0.5, 0.6) is 0 Å². The first-order valence-electron chi connectivity index (χ1n) is 6.09. The van der Waals surface area contributed by atoms with Gasteiger partial charge in [-0.05, 0) is 24.3 Å². The minimum atomic E-state index is -0.495. The van der Waals surface area contributed by atoms with E-state index in [1.54, 1.807) is 18.2 Å². The van der Waals surface area contributed by atoms with Gasteiger partial charge >= 0.3 is 0 Å². The molecule has 0 bridgehead atoms. The average Bonchev–Trinajstić information content (AvgIpc) is 2.47. The fraction of sp³-hybridized carbons (Fsp3) is 0.0714. The third-order valence-corrected chi connectivity index (χ3v) is 3.00. The SMILES string of the molecule is O=C(CNc1ccccc1Cl)Nc1ccc([N+](=O)[O-])cc1. The van der Waals surface area contributed by atoms with Crippen molar-refractivity contribution in [3.63, 3.8) is 0 Å². The van der Waals surface area contributed by atoms with E-state index in [1.807, 2.05) is 6.07 Å². The number of halogens is 1. The normalized spacial score (nSPS) is 9.95. The predicted molar refractivity (Wildman–Crippen MR) is 81.7 cm³/mol. The first kappa shape index (κ1) is 14.8. The van der Waals surface area contributed by atoms with Crippen molar-refractivity contribution in [2.75, 3.05) is 17.2 Å². The maximum absolute atomic E-state index is 11.8. The second-order valence-corrected chi connectivity index (χ2v) is 4.59. The smallest absolute Gasteiger partial charge is 0.269 e. The maximum Gasteiger partial charge on any atom is 0.269 e. The molecule has 0 heterocycles. The van der Waals surface area contributed by atoms with Gasteiger partial charge in [-0.15, -0.1) is 0 Å². The number of benzene rings is 2. The number of hydrogen-bond acceptors (Lipinski definition) is 4. The van der Waals surface area contributed by atoms with Crippen LogP contribution in [0.25, 0.3) is 0 Å². The van der Waals surface area contributed by atoms with Crippen LogP contribution in [0.1, 0.15) is 0 Å². The number of nitro groups is 1. The van der Waals surface area contributed by atoms with Gasteiger partial charge in [0.2, 0.25) is 5.91 Å². The summed E-state index contributed by atoms with van der Waals surface area (Å²) in [5.41, 5.74) is 1.13. The zero-order valence-electron chi connectivity index (χ0n) is 10.9. The van der Waals surface area contributed by atoms with E-state index in [4.69, 9.17) is 11.6 Å². The number of carbonyl (C=O) groups excluding carboxylic acids is 1. The van der Waals surface area contributed by atoms with E-state index in [9.17, 15) is 14.9 Å². The largest absolute Gasteiger partial charge is 0.375 e. The van der Waals surface area contributed by atoms with Gasteiger partial charge in [-0.25, -0.2) is 0 Å². The van der Waals surface area contributed by atoms with Gasteiger partial charge in [0.1, 0.15) is 0 Å². The van der Waals surface area contributed by atoms with Crippen LogP contribution in [0.4, 0.5) is 17.1 Å². The third-order valence-electron chi connectivity index (χ3n) is 2.68.